The van der Waals surface area contributed by atoms with E-state index in [1.165, 1.54) is 31.3 Å². The molecule has 1 amide bonds. The van der Waals surface area contributed by atoms with Gasteiger partial charge in [0, 0.05) is 6.04 Å². The van der Waals surface area contributed by atoms with Crippen LogP contribution in [0.1, 0.15) is 81.2 Å². The van der Waals surface area contributed by atoms with E-state index in [1.54, 1.807) is 0 Å². The molecule has 1 saturated carbocycles. The molecule has 0 saturated heterocycles. The van der Waals surface area contributed by atoms with E-state index in [-0.39, 0.29) is 18.0 Å². The van der Waals surface area contributed by atoms with Crippen LogP contribution in [0.25, 0.3) is 0 Å². The first kappa shape index (κ1) is 19.6. The average Bonchev–Trinajstić information content (AvgIpc) is 2.97. The standard InChI is InChI=1S/C22H32N4O/c1-4-10-19-14-17(3)15-20(11-5-2)26(19)22(27)21-16-25(24-23-21)18-12-8-6-7-9-13-18/h4-5,14,16,18-20H,1-2,6-13,15H2,3H3/t19-,20-/m1/s1. The summed E-state index contributed by atoms with van der Waals surface area (Å²) in [6.07, 6.45) is 17.5. The molecule has 0 spiro atoms. The van der Waals surface area contributed by atoms with E-state index in [1.807, 2.05) is 27.9 Å². The maximum atomic E-state index is 13.4. The Morgan fingerprint density at radius 1 is 1.19 bits per heavy atom. The Morgan fingerprint density at radius 2 is 1.89 bits per heavy atom. The largest absolute Gasteiger partial charge is 0.327 e. The third kappa shape index (κ3) is 4.57. The van der Waals surface area contributed by atoms with E-state index in [2.05, 4.69) is 36.5 Å². The van der Waals surface area contributed by atoms with Gasteiger partial charge in [0.15, 0.2) is 5.69 Å². The molecule has 3 rings (SSSR count). The summed E-state index contributed by atoms with van der Waals surface area (Å²) in [7, 11) is 0. The van der Waals surface area contributed by atoms with Crippen molar-refractivity contribution in [3.63, 3.8) is 0 Å². The van der Waals surface area contributed by atoms with Crippen LogP contribution in [-0.2, 0) is 0 Å². The van der Waals surface area contributed by atoms with Gasteiger partial charge >= 0.3 is 0 Å². The Balaban J connectivity index is 1.83. The summed E-state index contributed by atoms with van der Waals surface area (Å²) in [6.45, 7) is 9.89. The number of hydrogen-bond acceptors (Lipinski definition) is 3. The zero-order chi connectivity index (χ0) is 19.2. The molecule has 1 fully saturated rings. The number of aromatic nitrogens is 3. The van der Waals surface area contributed by atoms with Crippen LogP contribution in [0.4, 0.5) is 0 Å². The smallest absolute Gasteiger partial charge is 0.276 e. The first-order valence-corrected chi connectivity index (χ1v) is 10.3. The predicted molar refractivity (Wildman–Crippen MR) is 109 cm³/mol. The number of carbonyl (C=O) groups excluding carboxylic acids is 1. The van der Waals surface area contributed by atoms with Crippen molar-refractivity contribution in [2.24, 2.45) is 0 Å². The van der Waals surface area contributed by atoms with Crippen LogP contribution in [0.5, 0.6) is 0 Å². The topological polar surface area (TPSA) is 51.0 Å². The molecule has 0 radical (unpaired) electrons. The second kappa shape index (κ2) is 9.16. The van der Waals surface area contributed by atoms with E-state index >= 15 is 0 Å². The van der Waals surface area contributed by atoms with Crippen molar-refractivity contribution in [3.8, 4) is 0 Å². The summed E-state index contributed by atoms with van der Waals surface area (Å²) < 4.78 is 1.93. The van der Waals surface area contributed by atoms with Gasteiger partial charge in [-0.2, -0.15) is 0 Å². The van der Waals surface area contributed by atoms with Gasteiger partial charge in [-0.15, -0.1) is 18.3 Å². The normalized spacial score (nSPS) is 24.2. The van der Waals surface area contributed by atoms with E-state index in [0.29, 0.717) is 11.7 Å². The van der Waals surface area contributed by atoms with Crippen LogP contribution in [-0.4, -0.2) is 37.9 Å². The molecule has 1 aromatic heterocycles. The van der Waals surface area contributed by atoms with Crippen LogP contribution < -0.4 is 0 Å². The Kier molecular flexibility index (Phi) is 6.64. The lowest BCUT2D eigenvalue weighted by atomic mass is 9.92. The molecule has 0 N–H and O–H groups in total. The summed E-state index contributed by atoms with van der Waals surface area (Å²) in [5.41, 5.74) is 1.77. The van der Waals surface area contributed by atoms with Gasteiger partial charge in [0.25, 0.3) is 5.91 Å². The number of amides is 1. The third-order valence-corrected chi connectivity index (χ3v) is 5.79. The Morgan fingerprint density at radius 3 is 2.56 bits per heavy atom. The maximum absolute atomic E-state index is 13.4. The van der Waals surface area contributed by atoms with Crippen molar-refractivity contribution in [2.75, 3.05) is 0 Å². The Hall–Kier alpha value is -2.17. The van der Waals surface area contributed by atoms with Crippen LogP contribution in [0.15, 0.2) is 43.2 Å². The van der Waals surface area contributed by atoms with Gasteiger partial charge < -0.3 is 4.90 Å². The lowest BCUT2D eigenvalue weighted by Gasteiger charge is -2.40. The van der Waals surface area contributed by atoms with Crippen molar-refractivity contribution in [2.45, 2.75) is 82.8 Å². The second-order valence-corrected chi connectivity index (χ2v) is 7.93. The molecule has 27 heavy (non-hydrogen) atoms. The molecule has 1 aliphatic heterocycles. The van der Waals surface area contributed by atoms with Gasteiger partial charge in [-0.05, 0) is 39.0 Å². The van der Waals surface area contributed by atoms with Gasteiger partial charge in [-0.3, -0.25) is 4.79 Å². The van der Waals surface area contributed by atoms with Gasteiger partial charge in [-0.1, -0.05) is 54.7 Å². The van der Waals surface area contributed by atoms with E-state index in [0.717, 1.165) is 32.1 Å². The Labute approximate surface area is 162 Å². The van der Waals surface area contributed by atoms with Crippen LogP contribution in [0.3, 0.4) is 0 Å². The lowest BCUT2D eigenvalue weighted by molar-refractivity contribution is 0.0595. The van der Waals surface area contributed by atoms with Gasteiger partial charge in [0.2, 0.25) is 0 Å². The minimum atomic E-state index is -0.0303. The molecule has 5 heteroatoms. The summed E-state index contributed by atoms with van der Waals surface area (Å²) in [5.74, 6) is -0.0303. The molecular formula is C22H32N4O. The quantitative estimate of drug-likeness (QED) is 0.532. The fourth-order valence-corrected chi connectivity index (χ4v) is 4.48. The maximum Gasteiger partial charge on any atom is 0.276 e. The minimum Gasteiger partial charge on any atom is -0.327 e. The zero-order valence-electron chi connectivity index (χ0n) is 16.5. The average molecular weight is 369 g/mol. The van der Waals surface area contributed by atoms with Gasteiger partial charge in [0.1, 0.15) is 0 Å². The highest BCUT2D eigenvalue weighted by atomic mass is 16.2. The molecule has 2 atom stereocenters. The van der Waals surface area contributed by atoms with Crippen molar-refractivity contribution < 1.29 is 4.79 Å². The number of carbonyl (C=O) groups is 1. The molecular weight excluding hydrogens is 336 g/mol. The monoisotopic (exact) mass is 368 g/mol. The minimum absolute atomic E-state index is 0.0248. The number of rotatable bonds is 6. The number of hydrogen-bond donors (Lipinski definition) is 0. The molecule has 1 aliphatic carbocycles. The van der Waals surface area contributed by atoms with Gasteiger partial charge in [0.05, 0.1) is 18.3 Å². The number of nitrogens with zero attached hydrogens (tertiary/aromatic N) is 4. The fraction of sp³-hybridized carbons (Fsp3) is 0.591. The summed E-state index contributed by atoms with van der Waals surface area (Å²) in [5, 5.41) is 8.57. The van der Waals surface area contributed by atoms with Crippen LogP contribution in [0.2, 0.25) is 0 Å². The predicted octanol–water partition coefficient (Wildman–Crippen LogP) is 4.86. The first-order valence-electron chi connectivity index (χ1n) is 10.3. The SMILES string of the molecule is C=CC[C@@H]1CC(C)=C[C@@H](CC=C)N1C(=O)c1cn(C2CCCCCC2)nn1. The summed E-state index contributed by atoms with van der Waals surface area (Å²) in [6, 6.07) is 0.516. The highest BCUT2D eigenvalue weighted by Gasteiger charge is 2.34. The zero-order valence-corrected chi connectivity index (χ0v) is 16.5. The van der Waals surface area contributed by atoms with E-state index in [4.69, 9.17) is 0 Å². The lowest BCUT2D eigenvalue weighted by Crippen LogP contribution is -2.48. The first-order chi connectivity index (χ1) is 13.1. The molecule has 1 aromatic rings. The van der Waals surface area contributed by atoms with Crippen molar-refractivity contribution in [1.29, 1.82) is 0 Å². The van der Waals surface area contributed by atoms with Gasteiger partial charge in [-0.25, -0.2) is 4.68 Å². The van der Waals surface area contributed by atoms with Crippen LogP contribution >= 0.6 is 0 Å². The second-order valence-electron chi connectivity index (χ2n) is 7.93. The molecule has 0 aromatic carbocycles. The highest BCUT2D eigenvalue weighted by Crippen LogP contribution is 2.29. The summed E-state index contributed by atoms with van der Waals surface area (Å²) in [4.78, 5) is 15.3. The summed E-state index contributed by atoms with van der Waals surface area (Å²) >= 11 is 0. The third-order valence-electron chi connectivity index (χ3n) is 5.79. The highest BCUT2D eigenvalue weighted by molar-refractivity contribution is 5.92. The van der Waals surface area contributed by atoms with Crippen molar-refractivity contribution >= 4 is 5.91 Å². The van der Waals surface area contributed by atoms with Crippen molar-refractivity contribution in [1.82, 2.24) is 19.9 Å². The fourth-order valence-electron chi connectivity index (χ4n) is 4.48. The van der Waals surface area contributed by atoms with Crippen LogP contribution in [0, 0.1) is 0 Å². The molecule has 0 unspecified atom stereocenters. The molecule has 2 aliphatic rings. The van der Waals surface area contributed by atoms with E-state index in [9.17, 15) is 4.79 Å². The van der Waals surface area contributed by atoms with E-state index < -0.39 is 0 Å². The Bertz CT molecular complexity index is 697. The molecule has 0 bridgehead atoms. The molecule has 146 valence electrons. The molecule has 5 nitrogen and oxygen atoms in total. The molecule has 2 heterocycles. The van der Waals surface area contributed by atoms with Crippen molar-refractivity contribution in [3.05, 3.63) is 48.8 Å².